The number of nitrogens with two attached hydrogens (primary N) is 1. The van der Waals surface area contributed by atoms with Gasteiger partial charge in [-0.1, -0.05) is 6.07 Å². The molecule has 0 fully saturated rings. The molecule has 1 aliphatic carbocycles. The van der Waals surface area contributed by atoms with Crippen molar-refractivity contribution in [1.82, 2.24) is 16.0 Å². The van der Waals surface area contributed by atoms with Gasteiger partial charge in [-0.15, -0.1) is 0 Å². The van der Waals surface area contributed by atoms with Gasteiger partial charge in [-0.2, -0.15) is 0 Å². The van der Waals surface area contributed by atoms with E-state index in [1.165, 1.54) is 36.4 Å². The van der Waals surface area contributed by atoms with Crippen molar-refractivity contribution >= 4 is 63.6 Å². The molecule has 2 aliphatic rings. The SMILES string of the molecule is NC(=O)CC[C@H](NC(=O)CCNC(=S)Nc1ccc(-c2c3ccc(=O)cc-3oc3cc(O)ccc23)c(C(=O)O)c1)C(=O)NCC(=O)O. The minimum absolute atomic E-state index is 0.000857. The molecule has 1 heterocycles. The van der Waals surface area contributed by atoms with E-state index >= 15 is 0 Å². The van der Waals surface area contributed by atoms with E-state index in [1.807, 2.05) is 0 Å². The summed E-state index contributed by atoms with van der Waals surface area (Å²) in [6.45, 7) is -0.671. The molecule has 0 aromatic heterocycles. The van der Waals surface area contributed by atoms with Crippen molar-refractivity contribution in [2.24, 2.45) is 5.73 Å². The van der Waals surface area contributed by atoms with E-state index in [2.05, 4.69) is 21.3 Å². The predicted molar refractivity (Wildman–Crippen MR) is 173 cm³/mol. The third-order valence-corrected chi connectivity index (χ3v) is 7.08. The van der Waals surface area contributed by atoms with Crippen molar-refractivity contribution in [2.45, 2.75) is 25.3 Å². The zero-order valence-corrected chi connectivity index (χ0v) is 25.3. The minimum Gasteiger partial charge on any atom is -0.508 e. The molecule has 0 saturated heterocycles. The number of fused-ring (bicyclic) bond motifs is 2. The second kappa shape index (κ2) is 14.8. The van der Waals surface area contributed by atoms with Gasteiger partial charge in [-0.25, -0.2) is 4.79 Å². The zero-order chi connectivity index (χ0) is 34.2. The lowest BCUT2D eigenvalue weighted by atomic mass is 9.90. The first-order valence-electron chi connectivity index (χ1n) is 14.0. The summed E-state index contributed by atoms with van der Waals surface area (Å²) in [6.07, 6.45) is -0.515. The van der Waals surface area contributed by atoms with Gasteiger partial charge in [0, 0.05) is 53.7 Å². The monoisotopic (exact) mass is 663 g/mol. The maximum Gasteiger partial charge on any atom is 0.336 e. The van der Waals surface area contributed by atoms with E-state index in [1.54, 1.807) is 18.2 Å². The second-order valence-corrected chi connectivity index (χ2v) is 10.7. The van der Waals surface area contributed by atoms with Gasteiger partial charge in [0.05, 0.1) is 5.56 Å². The topological polar surface area (TPSA) is 250 Å². The van der Waals surface area contributed by atoms with E-state index < -0.39 is 42.2 Å². The standard InChI is InChI=1S/C31H29N5O10S/c32-25(39)8-7-22(29(43)34-14-27(41)42)36-26(40)9-10-33-31(47)35-15-1-4-18(21(11-15)30(44)45)28-19-5-2-16(37)12-23(19)46-24-13-17(38)3-6-20(24)28/h1-6,11-13,22,37H,7-10,14H2,(H2,32,39)(H,34,43)(H,36,40)(H,41,42)(H,44,45)(H2,33,35,47)/t22-/m0/s1. The highest BCUT2D eigenvalue weighted by atomic mass is 32.1. The van der Waals surface area contributed by atoms with Crippen molar-refractivity contribution in [3.05, 3.63) is 70.4 Å². The van der Waals surface area contributed by atoms with Gasteiger partial charge in [0.25, 0.3) is 0 Å². The fraction of sp³-hybridized carbons (Fsp3) is 0.194. The van der Waals surface area contributed by atoms with Gasteiger partial charge in [0.15, 0.2) is 10.5 Å². The Balaban J connectivity index is 1.47. The number of hydrogen-bond acceptors (Lipinski definition) is 9. The van der Waals surface area contributed by atoms with Crippen molar-refractivity contribution in [2.75, 3.05) is 18.4 Å². The third kappa shape index (κ3) is 8.79. The van der Waals surface area contributed by atoms with Gasteiger partial charge in [-0.05, 0) is 60.6 Å². The molecule has 0 radical (unpaired) electrons. The molecule has 16 heteroatoms. The number of amides is 3. The molecular weight excluding hydrogens is 634 g/mol. The van der Waals surface area contributed by atoms with Crippen LogP contribution in [0.4, 0.5) is 5.69 Å². The molecule has 1 atom stereocenters. The maximum absolute atomic E-state index is 12.5. The van der Waals surface area contributed by atoms with E-state index in [9.17, 15) is 39.0 Å². The highest BCUT2D eigenvalue weighted by Gasteiger charge is 2.23. The fourth-order valence-corrected chi connectivity index (χ4v) is 4.96. The number of phenolic OH excluding ortho intramolecular Hbond substituents is 1. The normalized spacial score (nSPS) is 11.4. The number of benzene rings is 3. The Morgan fingerprint density at radius 3 is 2.36 bits per heavy atom. The molecule has 2 aromatic carbocycles. The van der Waals surface area contributed by atoms with Gasteiger partial charge in [0.2, 0.25) is 17.7 Å². The van der Waals surface area contributed by atoms with Crippen LogP contribution in [0.1, 0.15) is 29.6 Å². The number of carboxylic acid groups (broad SMARTS) is 2. The Morgan fingerprint density at radius 2 is 1.66 bits per heavy atom. The number of anilines is 1. The van der Waals surface area contributed by atoms with Crippen molar-refractivity contribution in [3.8, 4) is 28.2 Å². The molecule has 244 valence electrons. The largest absolute Gasteiger partial charge is 0.508 e. The van der Waals surface area contributed by atoms with Gasteiger partial charge >= 0.3 is 11.9 Å². The molecule has 4 rings (SSSR count). The van der Waals surface area contributed by atoms with Crippen LogP contribution < -0.4 is 32.4 Å². The molecule has 1 aliphatic heterocycles. The van der Waals surface area contributed by atoms with Gasteiger partial charge in [-0.3, -0.25) is 24.0 Å². The van der Waals surface area contributed by atoms with Crippen LogP contribution in [0, 0.1) is 0 Å². The molecule has 0 spiro atoms. The van der Waals surface area contributed by atoms with Gasteiger partial charge < -0.3 is 46.7 Å². The number of aliphatic carboxylic acids is 1. The average Bonchev–Trinajstić information content (AvgIpc) is 3.00. The zero-order valence-electron chi connectivity index (χ0n) is 24.5. The first-order chi connectivity index (χ1) is 22.3. The molecule has 47 heavy (non-hydrogen) atoms. The molecule has 2 aromatic rings. The van der Waals surface area contributed by atoms with Crippen LogP contribution in [0.25, 0.3) is 33.4 Å². The number of carbonyl (C=O) groups is 5. The Labute approximate surface area is 271 Å². The van der Waals surface area contributed by atoms with Crippen LogP contribution in [0.3, 0.4) is 0 Å². The lowest BCUT2D eigenvalue weighted by Crippen LogP contribution is -2.48. The number of hydrogen-bond donors (Lipinski definition) is 8. The van der Waals surface area contributed by atoms with Crippen molar-refractivity contribution in [3.63, 3.8) is 0 Å². The molecule has 3 amide bonds. The quantitative estimate of drug-likeness (QED) is 0.0748. The Kier molecular flexibility index (Phi) is 10.7. The van der Waals surface area contributed by atoms with E-state index in [4.69, 9.17) is 27.5 Å². The van der Waals surface area contributed by atoms with E-state index in [-0.39, 0.29) is 59.0 Å². The number of thiocarbonyl (C=S) groups is 1. The van der Waals surface area contributed by atoms with Crippen molar-refractivity contribution < 1.29 is 43.7 Å². The first-order valence-corrected chi connectivity index (χ1v) is 14.4. The highest BCUT2D eigenvalue weighted by Crippen LogP contribution is 2.42. The number of nitrogens with one attached hydrogen (secondary N) is 4. The van der Waals surface area contributed by atoms with E-state index in [0.29, 0.717) is 27.8 Å². The number of aromatic carboxylic acids is 1. The third-order valence-electron chi connectivity index (χ3n) is 6.84. The van der Waals surface area contributed by atoms with Crippen molar-refractivity contribution in [1.29, 1.82) is 0 Å². The summed E-state index contributed by atoms with van der Waals surface area (Å²) >= 11 is 5.29. The number of primary amides is 1. The van der Waals surface area contributed by atoms with E-state index in [0.717, 1.165) is 0 Å². The smallest absolute Gasteiger partial charge is 0.336 e. The summed E-state index contributed by atoms with van der Waals surface area (Å²) in [5.41, 5.74) is 6.53. The highest BCUT2D eigenvalue weighted by molar-refractivity contribution is 7.80. The summed E-state index contributed by atoms with van der Waals surface area (Å²) in [6, 6.07) is 11.9. The van der Waals surface area contributed by atoms with Gasteiger partial charge in [0.1, 0.15) is 29.7 Å². The predicted octanol–water partition coefficient (Wildman–Crippen LogP) is 1.60. The number of phenols is 1. The first kappa shape index (κ1) is 33.9. The van der Waals surface area contributed by atoms with Crippen LogP contribution in [-0.2, 0) is 19.2 Å². The maximum atomic E-state index is 12.5. The molecule has 0 unspecified atom stereocenters. The summed E-state index contributed by atoms with van der Waals surface area (Å²) < 4.78 is 5.84. The van der Waals surface area contributed by atoms with Crippen LogP contribution in [0.2, 0.25) is 0 Å². The Morgan fingerprint density at radius 1 is 0.915 bits per heavy atom. The molecular formula is C31H29N5O10S. The summed E-state index contributed by atoms with van der Waals surface area (Å²) in [7, 11) is 0. The fourth-order valence-electron chi connectivity index (χ4n) is 4.74. The van der Waals surface area contributed by atoms with Crippen LogP contribution in [-0.4, -0.2) is 69.2 Å². The molecule has 0 bridgehead atoms. The molecule has 15 nitrogen and oxygen atoms in total. The number of aromatic hydroxyl groups is 1. The second-order valence-electron chi connectivity index (χ2n) is 10.2. The van der Waals surface area contributed by atoms with Crippen LogP contribution in [0.15, 0.2) is 63.8 Å². The van der Waals surface area contributed by atoms with Crippen LogP contribution in [0.5, 0.6) is 5.75 Å². The molecule has 9 N–H and O–H groups in total. The lowest BCUT2D eigenvalue weighted by molar-refractivity contribution is -0.138. The summed E-state index contributed by atoms with van der Waals surface area (Å²) in [4.78, 5) is 71.1. The molecule has 0 saturated carbocycles. The summed E-state index contributed by atoms with van der Waals surface area (Å²) in [5, 5.41) is 39.7. The summed E-state index contributed by atoms with van der Waals surface area (Å²) in [5.74, 6) is -4.49. The number of carboxylic acids is 2. The number of carbonyl (C=O) groups excluding carboxylic acids is 3. The lowest BCUT2D eigenvalue weighted by Gasteiger charge is -2.18. The average molecular weight is 664 g/mol. The Bertz CT molecular complexity index is 1920. The Hall–Kier alpha value is -6.03. The minimum atomic E-state index is -1.29. The number of rotatable bonds is 13. The van der Waals surface area contributed by atoms with Crippen LogP contribution >= 0.6 is 12.2 Å².